The number of rotatable bonds is 3. The van der Waals surface area contributed by atoms with E-state index in [1.165, 1.54) is 12.3 Å². The fraction of sp³-hybridized carbons (Fsp3) is 0.308. The number of carbonyl (C=O) groups is 1. The SMILES string of the molecule is CC(C)n1cc(C(O)C(=O)O)c2c(F)cccc21. The van der Waals surface area contributed by atoms with Gasteiger partial charge in [-0.05, 0) is 26.0 Å². The number of benzene rings is 1. The van der Waals surface area contributed by atoms with Gasteiger partial charge in [0.25, 0.3) is 0 Å². The van der Waals surface area contributed by atoms with Gasteiger partial charge in [0.05, 0.1) is 5.52 Å². The molecule has 0 saturated carbocycles. The summed E-state index contributed by atoms with van der Waals surface area (Å²) in [5, 5.41) is 18.7. The summed E-state index contributed by atoms with van der Waals surface area (Å²) in [6.45, 7) is 3.81. The molecule has 1 heterocycles. The van der Waals surface area contributed by atoms with Gasteiger partial charge in [0.1, 0.15) is 5.82 Å². The smallest absolute Gasteiger partial charge is 0.337 e. The van der Waals surface area contributed by atoms with Crippen molar-refractivity contribution in [2.75, 3.05) is 0 Å². The third-order valence-electron chi connectivity index (χ3n) is 2.92. The van der Waals surface area contributed by atoms with Crippen molar-refractivity contribution < 1.29 is 19.4 Å². The third-order valence-corrected chi connectivity index (χ3v) is 2.92. The van der Waals surface area contributed by atoms with Crippen LogP contribution in [-0.4, -0.2) is 20.7 Å². The number of carboxylic acids is 1. The fourth-order valence-corrected chi connectivity index (χ4v) is 2.07. The van der Waals surface area contributed by atoms with Crippen molar-refractivity contribution >= 4 is 16.9 Å². The van der Waals surface area contributed by atoms with Gasteiger partial charge in [0.15, 0.2) is 6.10 Å². The summed E-state index contributed by atoms with van der Waals surface area (Å²) in [6.07, 6.45) is -0.221. The lowest BCUT2D eigenvalue weighted by molar-refractivity contribution is -0.146. The average molecular weight is 251 g/mol. The quantitative estimate of drug-likeness (QED) is 0.880. The van der Waals surface area contributed by atoms with Gasteiger partial charge in [-0.1, -0.05) is 6.07 Å². The Balaban J connectivity index is 2.78. The van der Waals surface area contributed by atoms with Gasteiger partial charge in [-0.25, -0.2) is 9.18 Å². The van der Waals surface area contributed by atoms with E-state index in [0.29, 0.717) is 5.52 Å². The zero-order chi connectivity index (χ0) is 13.4. The molecule has 0 aliphatic heterocycles. The van der Waals surface area contributed by atoms with E-state index in [2.05, 4.69) is 0 Å². The Morgan fingerprint density at radius 1 is 1.39 bits per heavy atom. The molecular weight excluding hydrogens is 237 g/mol. The number of hydrogen-bond acceptors (Lipinski definition) is 2. The first kappa shape index (κ1) is 12.6. The maximum absolute atomic E-state index is 13.8. The summed E-state index contributed by atoms with van der Waals surface area (Å²) in [5.74, 6) is -1.91. The van der Waals surface area contributed by atoms with Crippen LogP contribution in [0, 0.1) is 5.82 Å². The molecule has 0 bridgehead atoms. The van der Waals surface area contributed by atoms with Gasteiger partial charge in [0, 0.05) is 23.2 Å². The van der Waals surface area contributed by atoms with E-state index in [-0.39, 0.29) is 17.0 Å². The Hall–Kier alpha value is -1.88. The fourth-order valence-electron chi connectivity index (χ4n) is 2.07. The van der Waals surface area contributed by atoms with Gasteiger partial charge in [0.2, 0.25) is 0 Å². The number of aliphatic hydroxyl groups is 1. The zero-order valence-electron chi connectivity index (χ0n) is 10.1. The Morgan fingerprint density at radius 2 is 2.06 bits per heavy atom. The van der Waals surface area contributed by atoms with Crippen LogP contribution in [0.5, 0.6) is 0 Å². The Labute approximate surface area is 103 Å². The molecule has 18 heavy (non-hydrogen) atoms. The van der Waals surface area contributed by atoms with Gasteiger partial charge in [-0.15, -0.1) is 0 Å². The standard InChI is InChI=1S/C13H14FNO3/c1-7(2)15-6-8(12(16)13(17)18)11-9(14)4-3-5-10(11)15/h3-7,12,16H,1-2H3,(H,17,18). The van der Waals surface area contributed by atoms with Crippen molar-refractivity contribution in [2.24, 2.45) is 0 Å². The van der Waals surface area contributed by atoms with Crippen molar-refractivity contribution in [3.05, 3.63) is 35.8 Å². The van der Waals surface area contributed by atoms with Crippen LogP contribution in [0.3, 0.4) is 0 Å². The molecule has 2 rings (SSSR count). The molecule has 1 atom stereocenters. The maximum atomic E-state index is 13.8. The number of aliphatic hydroxyl groups excluding tert-OH is 1. The molecule has 0 saturated heterocycles. The molecule has 4 nitrogen and oxygen atoms in total. The average Bonchev–Trinajstić information content (AvgIpc) is 2.68. The minimum absolute atomic E-state index is 0.0454. The third kappa shape index (κ3) is 1.86. The van der Waals surface area contributed by atoms with Crippen LogP contribution in [-0.2, 0) is 4.79 Å². The van der Waals surface area contributed by atoms with Crippen molar-refractivity contribution in [1.82, 2.24) is 4.57 Å². The van der Waals surface area contributed by atoms with E-state index in [9.17, 15) is 14.3 Å². The number of carboxylic acid groups (broad SMARTS) is 1. The molecular formula is C13H14FNO3. The second-order valence-electron chi connectivity index (χ2n) is 4.46. The second kappa shape index (κ2) is 4.42. The molecule has 1 aromatic heterocycles. The highest BCUT2D eigenvalue weighted by molar-refractivity contribution is 5.89. The Morgan fingerprint density at radius 3 is 2.61 bits per heavy atom. The van der Waals surface area contributed by atoms with E-state index in [4.69, 9.17) is 5.11 Å². The topological polar surface area (TPSA) is 62.5 Å². The molecule has 2 N–H and O–H groups in total. The van der Waals surface area contributed by atoms with Gasteiger partial charge in [-0.3, -0.25) is 0 Å². The molecule has 5 heteroatoms. The largest absolute Gasteiger partial charge is 0.479 e. The normalized spacial score (nSPS) is 13.2. The zero-order valence-corrected chi connectivity index (χ0v) is 10.1. The Kier molecular flexibility index (Phi) is 3.09. The summed E-state index contributed by atoms with van der Waals surface area (Å²) in [5.41, 5.74) is 0.671. The molecule has 0 aliphatic carbocycles. The second-order valence-corrected chi connectivity index (χ2v) is 4.46. The first-order valence-corrected chi connectivity index (χ1v) is 5.63. The first-order valence-electron chi connectivity index (χ1n) is 5.63. The predicted octanol–water partition coefficient (Wildman–Crippen LogP) is 2.48. The van der Waals surface area contributed by atoms with Crippen LogP contribution in [0.1, 0.15) is 31.6 Å². The van der Waals surface area contributed by atoms with E-state index < -0.39 is 17.9 Å². The van der Waals surface area contributed by atoms with Crippen LogP contribution >= 0.6 is 0 Å². The lowest BCUT2D eigenvalue weighted by atomic mass is 10.1. The minimum Gasteiger partial charge on any atom is -0.479 e. The van der Waals surface area contributed by atoms with Gasteiger partial charge < -0.3 is 14.8 Å². The summed E-state index contributed by atoms with van der Waals surface area (Å²) >= 11 is 0. The highest BCUT2D eigenvalue weighted by Gasteiger charge is 2.24. The molecule has 0 aliphatic rings. The molecule has 0 amide bonds. The lowest BCUT2D eigenvalue weighted by Gasteiger charge is -2.08. The molecule has 0 fully saturated rings. The van der Waals surface area contributed by atoms with Gasteiger partial charge in [-0.2, -0.15) is 0 Å². The molecule has 0 radical (unpaired) electrons. The number of hydrogen-bond donors (Lipinski definition) is 2. The number of halogens is 1. The number of aliphatic carboxylic acids is 1. The number of fused-ring (bicyclic) bond motifs is 1. The van der Waals surface area contributed by atoms with Gasteiger partial charge >= 0.3 is 5.97 Å². The van der Waals surface area contributed by atoms with Crippen LogP contribution in [0.15, 0.2) is 24.4 Å². The van der Waals surface area contributed by atoms with E-state index in [0.717, 1.165) is 0 Å². The highest BCUT2D eigenvalue weighted by Crippen LogP contribution is 2.31. The summed E-state index contributed by atoms with van der Waals surface area (Å²) in [4.78, 5) is 10.9. The summed E-state index contributed by atoms with van der Waals surface area (Å²) in [7, 11) is 0. The highest BCUT2D eigenvalue weighted by atomic mass is 19.1. The molecule has 96 valence electrons. The maximum Gasteiger partial charge on any atom is 0.337 e. The summed E-state index contributed by atoms with van der Waals surface area (Å²) in [6, 6.07) is 4.57. The van der Waals surface area contributed by atoms with Crippen molar-refractivity contribution in [3.8, 4) is 0 Å². The Bertz CT molecular complexity index is 604. The predicted molar refractivity (Wildman–Crippen MR) is 64.9 cm³/mol. The van der Waals surface area contributed by atoms with E-state index >= 15 is 0 Å². The van der Waals surface area contributed by atoms with Crippen molar-refractivity contribution in [1.29, 1.82) is 0 Å². The molecule has 1 aromatic carbocycles. The lowest BCUT2D eigenvalue weighted by Crippen LogP contribution is -2.10. The van der Waals surface area contributed by atoms with Crippen LogP contribution < -0.4 is 0 Å². The van der Waals surface area contributed by atoms with Crippen LogP contribution in [0.2, 0.25) is 0 Å². The monoisotopic (exact) mass is 251 g/mol. The van der Waals surface area contributed by atoms with E-state index in [1.807, 2.05) is 13.8 Å². The molecule has 1 unspecified atom stereocenters. The van der Waals surface area contributed by atoms with Crippen molar-refractivity contribution in [2.45, 2.75) is 26.0 Å². The number of aromatic nitrogens is 1. The number of nitrogens with zero attached hydrogens (tertiary/aromatic N) is 1. The molecule has 0 spiro atoms. The molecule has 2 aromatic rings. The summed E-state index contributed by atoms with van der Waals surface area (Å²) < 4.78 is 15.6. The van der Waals surface area contributed by atoms with Crippen molar-refractivity contribution in [3.63, 3.8) is 0 Å². The van der Waals surface area contributed by atoms with E-state index in [1.54, 1.807) is 16.7 Å². The minimum atomic E-state index is -1.72. The van der Waals surface area contributed by atoms with Crippen LogP contribution in [0.4, 0.5) is 4.39 Å². The van der Waals surface area contributed by atoms with Crippen LogP contribution in [0.25, 0.3) is 10.9 Å². The first-order chi connectivity index (χ1) is 8.43.